The second-order valence-electron chi connectivity index (χ2n) is 12.4. The van der Waals surface area contributed by atoms with Crippen molar-refractivity contribution in [2.45, 2.75) is 96.3 Å². The number of carbonyl (C=O) groups excluding carboxylic acids is 1. The smallest absolute Gasteiger partial charge is 0.303 e. The molecular formula is C25H36O7. The zero-order valence-corrected chi connectivity index (χ0v) is 19.7. The van der Waals surface area contributed by atoms with Crippen molar-refractivity contribution in [1.29, 1.82) is 0 Å². The third-order valence-corrected chi connectivity index (χ3v) is 10.1. The van der Waals surface area contributed by atoms with Crippen molar-refractivity contribution in [1.82, 2.24) is 0 Å². The monoisotopic (exact) mass is 448 g/mol. The molecule has 7 nitrogen and oxygen atoms in total. The summed E-state index contributed by atoms with van der Waals surface area (Å²) in [6.07, 6.45) is 0.724. The summed E-state index contributed by atoms with van der Waals surface area (Å²) in [7, 11) is 0. The molecule has 2 N–H and O–H groups in total. The maximum absolute atomic E-state index is 12.4. The van der Waals surface area contributed by atoms with Crippen molar-refractivity contribution in [2.75, 3.05) is 6.61 Å². The summed E-state index contributed by atoms with van der Waals surface area (Å²) in [6, 6.07) is 0. The van der Waals surface area contributed by atoms with Gasteiger partial charge in [-0.15, -0.1) is 0 Å². The Kier molecular flexibility index (Phi) is 4.02. The zero-order chi connectivity index (χ0) is 23.1. The molecule has 2 spiro atoms. The molecule has 0 aromatic carbocycles. The SMILES string of the molecule is C=C1C2CC3OC(C)(C)OC4CCC(C)(C)C5C(OC(C)=O)C6(O)OCC45C3C6(C2)C1O. The van der Waals surface area contributed by atoms with Gasteiger partial charge >= 0.3 is 5.97 Å². The first-order valence-corrected chi connectivity index (χ1v) is 12.1. The summed E-state index contributed by atoms with van der Waals surface area (Å²) in [5.41, 5.74) is -1.11. The van der Waals surface area contributed by atoms with Gasteiger partial charge in [0.05, 0.1) is 30.3 Å². The minimum Gasteiger partial charge on any atom is -0.456 e. The summed E-state index contributed by atoms with van der Waals surface area (Å²) >= 11 is 0. The molecule has 7 rings (SSSR count). The van der Waals surface area contributed by atoms with E-state index in [1.54, 1.807) is 0 Å². The highest BCUT2D eigenvalue weighted by atomic mass is 16.7. The van der Waals surface area contributed by atoms with Gasteiger partial charge in [0.2, 0.25) is 5.79 Å². The van der Waals surface area contributed by atoms with E-state index in [0.29, 0.717) is 13.0 Å². The Labute approximate surface area is 189 Å². The van der Waals surface area contributed by atoms with E-state index < -0.39 is 40.6 Å². The first-order valence-electron chi connectivity index (χ1n) is 12.1. The van der Waals surface area contributed by atoms with Crippen LogP contribution in [0.1, 0.15) is 60.3 Å². The third kappa shape index (κ3) is 2.19. The fourth-order valence-electron chi connectivity index (χ4n) is 9.38. The number of carbonyl (C=O) groups is 1. The molecule has 3 heterocycles. The number of fused-ring (bicyclic) bond motifs is 2. The number of hydrogen-bond donors (Lipinski definition) is 2. The topological polar surface area (TPSA) is 94.5 Å². The molecule has 0 aromatic heterocycles. The number of rotatable bonds is 1. The summed E-state index contributed by atoms with van der Waals surface area (Å²) in [5.74, 6) is -3.46. The lowest BCUT2D eigenvalue weighted by Gasteiger charge is -2.75. The average Bonchev–Trinajstić information content (AvgIpc) is 2.80. The van der Waals surface area contributed by atoms with Gasteiger partial charge in [-0.05, 0) is 56.4 Å². The highest BCUT2D eigenvalue weighted by molar-refractivity contribution is 5.66. The molecule has 7 heteroatoms. The second-order valence-corrected chi connectivity index (χ2v) is 12.4. The molecule has 10 unspecified atom stereocenters. The van der Waals surface area contributed by atoms with Gasteiger partial charge in [0, 0.05) is 24.2 Å². The van der Waals surface area contributed by atoms with E-state index in [9.17, 15) is 15.0 Å². The number of esters is 1. The van der Waals surface area contributed by atoms with E-state index in [1.807, 2.05) is 13.8 Å². The summed E-state index contributed by atoms with van der Waals surface area (Å²) in [5, 5.41) is 24.1. The van der Waals surface area contributed by atoms with E-state index in [2.05, 4.69) is 20.4 Å². The van der Waals surface area contributed by atoms with Gasteiger partial charge in [0.1, 0.15) is 0 Å². The van der Waals surface area contributed by atoms with Gasteiger partial charge in [-0.3, -0.25) is 4.79 Å². The molecule has 7 aliphatic rings. The summed E-state index contributed by atoms with van der Waals surface area (Å²) < 4.78 is 25.6. The number of ether oxygens (including phenoxy) is 4. The van der Waals surface area contributed by atoms with Crippen LogP contribution in [0.5, 0.6) is 0 Å². The van der Waals surface area contributed by atoms with Crippen LogP contribution in [0.4, 0.5) is 0 Å². The Morgan fingerprint density at radius 2 is 1.91 bits per heavy atom. The lowest BCUT2D eigenvalue weighted by Crippen LogP contribution is -2.85. The standard InChI is InChI=1S/C25H36O7/c1-12-14-9-15-17-23-11-29-25(28,24(17,10-14)19(12)27)20(30-13(2)26)18(23)21(3,4)8-7-16(23)32-22(5,6)31-15/h14-20,27-28H,1,7-11H2,2-6H3. The summed E-state index contributed by atoms with van der Waals surface area (Å²) in [4.78, 5) is 12.3. The lowest BCUT2D eigenvalue weighted by atomic mass is 9.35. The molecule has 0 amide bonds. The largest absolute Gasteiger partial charge is 0.456 e. The van der Waals surface area contributed by atoms with Gasteiger partial charge in [0.25, 0.3) is 0 Å². The molecule has 0 radical (unpaired) electrons. The first kappa shape index (κ1) is 21.5. The molecule has 4 bridgehead atoms. The van der Waals surface area contributed by atoms with Crippen molar-refractivity contribution >= 4 is 5.97 Å². The van der Waals surface area contributed by atoms with Crippen molar-refractivity contribution in [3.05, 3.63) is 12.2 Å². The van der Waals surface area contributed by atoms with Crippen LogP contribution in [0.3, 0.4) is 0 Å². The van der Waals surface area contributed by atoms with Gasteiger partial charge in [-0.1, -0.05) is 20.4 Å². The number of aliphatic hydroxyl groups is 2. The fourth-order valence-corrected chi connectivity index (χ4v) is 9.38. The van der Waals surface area contributed by atoms with E-state index >= 15 is 0 Å². The predicted octanol–water partition coefficient (Wildman–Crippen LogP) is 2.54. The first-order chi connectivity index (χ1) is 14.8. The zero-order valence-electron chi connectivity index (χ0n) is 19.7. The van der Waals surface area contributed by atoms with Crippen LogP contribution in [0.25, 0.3) is 0 Å². The molecule has 32 heavy (non-hydrogen) atoms. The quantitative estimate of drug-likeness (QED) is 0.470. The maximum Gasteiger partial charge on any atom is 0.303 e. The molecule has 4 saturated carbocycles. The van der Waals surface area contributed by atoms with Gasteiger partial charge < -0.3 is 29.2 Å². The molecule has 0 aromatic rings. The van der Waals surface area contributed by atoms with Crippen molar-refractivity contribution in [2.24, 2.45) is 34.0 Å². The van der Waals surface area contributed by atoms with Crippen molar-refractivity contribution in [3.63, 3.8) is 0 Å². The van der Waals surface area contributed by atoms with Crippen LogP contribution >= 0.6 is 0 Å². The van der Waals surface area contributed by atoms with Gasteiger partial charge in [-0.2, -0.15) is 0 Å². The lowest BCUT2D eigenvalue weighted by molar-refractivity contribution is -0.468. The van der Waals surface area contributed by atoms with Crippen LogP contribution < -0.4 is 0 Å². The Bertz CT molecular complexity index is 897. The average molecular weight is 449 g/mol. The van der Waals surface area contributed by atoms with Crippen LogP contribution in [0.2, 0.25) is 0 Å². The van der Waals surface area contributed by atoms with Gasteiger partial charge in [-0.25, -0.2) is 0 Å². The Morgan fingerprint density at radius 3 is 2.59 bits per heavy atom. The minimum absolute atomic E-state index is 0.00926. The van der Waals surface area contributed by atoms with E-state index in [-0.39, 0.29) is 35.4 Å². The summed E-state index contributed by atoms with van der Waals surface area (Å²) in [6.45, 7) is 14.2. The molecule has 7 fully saturated rings. The third-order valence-electron chi connectivity index (χ3n) is 10.1. The Hall–Kier alpha value is -0.990. The highest BCUT2D eigenvalue weighted by Gasteiger charge is 2.87. The van der Waals surface area contributed by atoms with E-state index in [0.717, 1.165) is 24.8 Å². The second kappa shape index (κ2) is 5.98. The van der Waals surface area contributed by atoms with Crippen molar-refractivity contribution in [3.8, 4) is 0 Å². The number of hydrogen-bond acceptors (Lipinski definition) is 7. The molecule has 3 saturated heterocycles. The van der Waals surface area contributed by atoms with Crippen LogP contribution in [0.15, 0.2) is 12.2 Å². The Morgan fingerprint density at radius 1 is 1.19 bits per heavy atom. The van der Waals surface area contributed by atoms with E-state index in [1.165, 1.54) is 6.92 Å². The van der Waals surface area contributed by atoms with Crippen LogP contribution in [-0.2, 0) is 23.7 Å². The van der Waals surface area contributed by atoms with Crippen LogP contribution in [0, 0.1) is 34.0 Å². The molecule has 3 aliphatic heterocycles. The molecule has 178 valence electrons. The highest BCUT2D eigenvalue weighted by Crippen LogP contribution is 2.79. The maximum atomic E-state index is 12.4. The predicted molar refractivity (Wildman–Crippen MR) is 113 cm³/mol. The normalized spacial score (nSPS) is 56.3. The molecule has 10 atom stereocenters. The molecular weight excluding hydrogens is 412 g/mol. The van der Waals surface area contributed by atoms with Crippen LogP contribution in [-0.4, -0.2) is 58.8 Å². The number of aliphatic hydroxyl groups excluding tert-OH is 1. The van der Waals surface area contributed by atoms with E-state index in [4.69, 9.17) is 18.9 Å². The van der Waals surface area contributed by atoms with Gasteiger partial charge in [0.15, 0.2) is 11.9 Å². The molecule has 4 aliphatic carbocycles. The van der Waals surface area contributed by atoms with Crippen molar-refractivity contribution < 1.29 is 34.0 Å². The fraction of sp³-hybridized carbons (Fsp3) is 0.880. The minimum atomic E-state index is -1.82. The Balaban J connectivity index is 1.67.